The van der Waals surface area contributed by atoms with Crippen LogP contribution >= 0.6 is 0 Å². The van der Waals surface area contributed by atoms with E-state index in [1.807, 2.05) is 24.3 Å². The van der Waals surface area contributed by atoms with Crippen molar-refractivity contribution in [2.45, 2.75) is 32.4 Å². The molecule has 160 valence electrons. The molecule has 2 aliphatic heterocycles. The summed E-state index contributed by atoms with van der Waals surface area (Å²) in [5.41, 5.74) is 5.06. The first-order chi connectivity index (χ1) is 15.2. The summed E-state index contributed by atoms with van der Waals surface area (Å²) in [6.45, 7) is 7.76. The van der Waals surface area contributed by atoms with Crippen LogP contribution in [0.25, 0.3) is 22.2 Å². The number of hydrogen-bond acceptors (Lipinski definition) is 5. The highest BCUT2D eigenvalue weighted by atomic mass is 16.5. The Morgan fingerprint density at radius 3 is 2.71 bits per heavy atom. The molecule has 3 aromatic rings. The molecule has 2 fully saturated rings. The molecule has 0 amide bonds. The number of rotatable bonds is 4. The smallest absolute Gasteiger partial charge is 0.137 e. The first-order valence-corrected chi connectivity index (χ1v) is 11.3. The maximum absolute atomic E-state index is 9.20. The number of benzene rings is 1. The average Bonchev–Trinajstić information content (AvgIpc) is 3.21. The van der Waals surface area contributed by atoms with E-state index in [0.29, 0.717) is 5.56 Å². The molecule has 0 saturated carbocycles. The summed E-state index contributed by atoms with van der Waals surface area (Å²) in [4.78, 5) is 7.57. The third kappa shape index (κ3) is 4.16. The lowest BCUT2D eigenvalue weighted by atomic mass is 9.97. The molecule has 2 saturated heterocycles. The van der Waals surface area contributed by atoms with Gasteiger partial charge in [0.05, 0.1) is 41.9 Å². The number of pyridine rings is 1. The van der Waals surface area contributed by atoms with Gasteiger partial charge in [0.15, 0.2) is 0 Å². The second kappa shape index (κ2) is 8.70. The van der Waals surface area contributed by atoms with Crippen LogP contribution in [0.15, 0.2) is 42.6 Å². The number of piperidine rings is 1. The molecular weight excluding hydrogens is 386 g/mol. The van der Waals surface area contributed by atoms with Crippen LogP contribution in [0.1, 0.15) is 25.3 Å². The first kappa shape index (κ1) is 20.0. The predicted octanol–water partition coefficient (Wildman–Crippen LogP) is 3.80. The summed E-state index contributed by atoms with van der Waals surface area (Å²) < 4.78 is 8.19. The molecule has 0 spiro atoms. The van der Waals surface area contributed by atoms with Gasteiger partial charge >= 0.3 is 0 Å². The molecule has 0 unspecified atom stereocenters. The zero-order valence-electron chi connectivity index (χ0n) is 18.1. The van der Waals surface area contributed by atoms with Gasteiger partial charge in [-0.15, -0.1) is 0 Å². The standard InChI is InChI=1S/C25H29N5O/c1-18-6-10-29(11-7-18)25-22(20-4-2-19(15-26)3-5-20)14-24-23(28-25)8-12-30(24)17-21-16-27-9-13-31-21/h2-5,8,12,14,18,21,27H,6-7,9-11,13,16-17H2,1H3/t21-/m0/s1. The Morgan fingerprint density at radius 2 is 2.00 bits per heavy atom. The van der Waals surface area contributed by atoms with E-state index in [-0.39, 0.29) is 6.10 Å². The summed E-state index contributed by atoms with van der Waals surface area (Å²) >= 11 is 0. The fourth-order valence-electron chi connectivity index (χ4n) is 4.61. The zero-order valence-corrected chi connectivity index (χ0v) is 18.1. The van der Waals surface area contributed by atoms with Gasteiger partial charge in [-0.05, 0) is 48.6 Å². The minimum atomic E-state index is 0.172. The van der Waals surface area contributed by atoms with Crippen molar-refractivity contribution >= 4 is 16.9 Å². The Labute approximate surface area is 183 Å². The fourth-order valence-corrected chi connectivity index (χ4v) is 4.61. The second-order valence-electron chi connectivity index (χ2n) is 8.79. The number of morpholine rings is 1. The van der Waals surface area contributed by atoms with Crippen molar-refractivity contribution in [1.82, 2.24) is 14.9 Å². The first-order valence-electron chi connectivity index (χ1n) is 11.3. The van der Waals surface area contributed by atoms with Crippen LogP contribution in [0.4, 0.5) is 5.82 Å². The van der Waals surface area contributed by atoms with E-state index in [0.717, 1.165) is 73.2 Å². The molecule has 1 atom stereocenters. The Balaban J connectivity index is 1.56. The maximum atomic E-state index is 9.20. The molecule has 31 heavy (non-hydrogen) atoms. The molecule has 6 heteroatoms. The summed E-state index contributed by atoms with van der Waals surface area (Å²) in [5.74, 6) is 1.82. The molecule has 0 aliphatic carbocycles. The van der Waals surface area contributed by atoms with Crippen molar-refractivity contribution in [1.29, 1.82) is 5.26 Å². The third-order valence-corrected chi connectivity index (χ3v) is 6.55. The van der Waals surface area contributed by atoms with Crippen molar-refractivity contribution in [2.75, 3.05) is 37.7 Å². The second-order valence-corrected chi connectivity index (χ2v) is 8.79. The van der Waals surface area contributed by atoms with E-state index in [9.17, 15) is 5.26 Å². The van der Waals surface area contributed by atoms with Crippen molar-refractivity contribution in [3.8, 4) is 17.2 Å². The van der Waals surface area contributed by atoms with Crippen LogP contribution in [0.2, 0.25) is 0 Å². The molecular formula is C25H29N5O. The SMILES string of the molecule is CC1CCN(c2nc3ccn(C[C@@H]4CNCCO4)c3cc2-c2ccc(C#N)cc2)CC1. The van der Waals surface area contributed by atoms with Crippen molar-refractivity contribution in [3.05, 3.63) is 48.2 Å². The number of aromatic nitrogens is 2. The summed E-state index contributed by atoms with van der Waals surface area (Å²) in [7, 11) is 0. The number of anilines is 1. The molecule has 0 bridgehead atoms. The van der Waals surface area contributed by atoms with Crippen LogP contribution in [0, 0.1) is 17.2 Å². The van der Waals surface area contributed by atoms with Gasteiger partial charge in [-0.25, -0.2) is 4.98 Å². The van der Waals surface area contributed by atoms with E-state index in [2.05, 4.69) is 46.1 Å². The number of nitrogens with one attached hydrogen (secondary N) is 1. The van der Waals surface area contributed by atoms with Gasteiger partial charge in [0.2, 0.25) is 0 Å². The third-order valence-electron chi connectivity index (χ3n) is 6.55. The highest BCUT2D eigenvalue weighted by molar-refractivity contribution is 5.88. The number of nitriles is 1. The molecule has 1 N–H and O–H groups in total. The van der Waals surface area contributed by atoms with Gasteiger partial charge in [-0.1, -0.05) is 19.1 Å². The highest BCUT2D eigenvalue weighted by Crippen LogP contribution is 2.35. The lowest BCUT2D eigenvalue weighted by molar-refractivity contribution is 0.0189. The van der Waals surface area contributed by atoms with Crippen LogP contribution in [0.3, 0.4) is 0 Å². The number of ether oxygens (including phenoxy) is 1. The number of nitrogens with zero attached hydrogens (tertiary/aromatic N) is 4. The van der Waals surface area contributed by atoms with Gasteiger partial charge in [-0.2, -0.15) is 5.26 Å². The van der Waals surface area contributed by atoms with Gasteiger partial charge in [-0.3, -0.25) is 0 Å². The summed E-state index contributed by atoms with van der Waals surface area (Å²) in [5, 5.41) is 12.6. The largest absolute Gasteiger partial charge is 0.374 e. The minimum absolute atomic E-state index is 0.172. The van der Waals surface area contributed by atoms with Gasteiger partial charge in [0.25, 0.3) is 0 Å². The van der Waals surface area contributed by atoms with Gasteiger partial charge in [0.1, 0.15) is 5.82 Å². The minimum Gasteiger partial charge on any atom is -0.374 e. The highest BCUT2D eigenvalue weighted by Gasteiger charge is 2.22. The molecule has 1 aromatic carbocycles. The van der Waals surface area contributed by atoms with Crippen molar-refractivity contribution < 1.29 is 4.74 Å². The normalized spacial score (nSPS) is 20.1. The maximum Gasteiger partial charge on any atom is 0.137 e. The average molecular weight is 416 g/mol. The summed E-state index contributed by atoms with van der Waals surface area (Å²) in [6.07, 6.45) is 4.69. The summed E-state index contributed by atoms with van der Waals surface area (Å²) in [6, 6.07) is 14.5. The fraction of sp³-hybridized carbons (Fsp3) is 0.440. The van der Waals surface area contributed by atoms with Crippen LogP contribution in [0.5, 0.6) is 0 Å². The quantitative estimate of drug-likeness (QED) is 0.702. The number of fused-ring (bicyclic) bond motifs is 1. The monoisotopic (exact) mass is 415 g/mol. The molecule has 5 rings (SSSR count). The van der Waals surface area contributed by atoms with E-state index >= 15 is 0 Å². The van der Waals surface area contributed by atoms with E-state index in [4.69, 9.17) is 9.72 Å². The molecule has 6 nitrogen and oxygen atoms in total. The Bertz CT molecular complexity index is 1080. The van der Waals surface area contributed by atoms with Crippen molar-refractivity contribution in [3.63, 3.8) is 0 Å². The van der Waals surface area contributed by atoms with Crippen LogP contribution < -0.4 is 10.2 Å². The van der Waals surface area contributed by atoms with Gasteiger partial charge in [0, 0.05) is 37.9 Å². The topological polar surface area (TPSA) is 66.1 Å². The van der Waals surface area contributed by atoms with E-state index < -0.39 is 0 Å². The van der Waals surface area contributed by atoms with Crippen LogP contribution in [-0.4, -0.2) is 48.4 Å². The number of hydrogen-bond donors (Lipinski definition) is 1. The molecule has 2 aromatic heterocycles. The predicted molar refractivity (Wildman–Crippen MR) is 123 cm³/mol. The van der Waals surface area contributed by atoms with Crippen molar-refractivity contribution in [2.24, 2.45) is 5.92 Å². The van der Waals surface area contributed by atoms with E-state index in [1.54, 1.807) is 0 Å². The lowest BCUT2D eigenvalue weighted by Gasteiger charge is -2.32. The lowest BCUT2D eigenvalue weighted by Crippen LogP contribution is -2.40. The molecule has 2 aliphatic rings. The van der Waals surface area contributed by atoms with E-state index in [1.165, 1.54) is 12.8 Å². The molecule has 0 radical (unpaired) electrons. The van der Waals surface area contributed by atoms with Crippen LogP contribution in [-0.2, 0) is 11.3 Å². The Hall–Kier alpha value is -2.88. The zero-order chi connectivity index (χ0) is 21.2. The molecule has 4 heterocycles. The van der Waals surface area contributed by atoms with Gasteiger partial charge < -0.3 is 19.5 Å². The Kier molecular flexibility index (Phi) is 5.63. The Morgan fingerprint density at radius 1 is 1.19 bits per heavy atom.